The van der Waals surface area contributed by atoms with Gasteiger partial charge in [-0.15, -0.1) is 0 Å². The van der Waals surface area contributed by atoms with Crippen LogP contribution in [0.4, 0.5) is 5.69 Å². The van der Waals surface area contributed by atoms with Crippen LogP contribution in [0.1, 0.15) is 23.9 Å². The maximum absolute atomic E-state index is 13.1. The van der Waals surface area contributed by atoms with E-state index in [1.807, 2.05) is 11.0 Å². The average Bonchev–Trinajstić information content (AvgIpc) is 2.79. The zero-order valence-corrected chi connectivity index (χ0v) is 18.8. The quantitative estimate of drug-likeness (QED) is 0.680. The van der Waals surface area contributed by atoms with Crippen LogP contribution in [-0.4, -0.2) is 77.6 Å². The predicted molar refractivity (Wildman–Crippen MR) is 117 cm³/mol. The van der Waals surface area contributed by atoms with Gasteiger partial charge < -0.3 is 9.80 Å². The highest BCUT2D eigenvalue weighted by Crippen LogP contribution is 2.27. The molecule has 2 aliphatic heterocycles. The van der Waals surface area contributed by atoms with E-state index in [0.29, 0.717) is 25.3 Å². The van der Waals surface area contributed by atoms with Crippen molar-refractivity contribution in [1.29, 1.82) is 0 Å². The third-order valence-corrected chi connectivity index (χ3v) is 7.84. The van der Waals surface area contributed by atoms with E-state index in [1.165, 1.54) is 14.2 Å². The third-order valence-electron chi connectivity index (χ3n) is 5.96. The molecule has 0 bridgehead atoms. The minimum Gasteiger partial charge on any atom is -0.368 e. The Morgan fingerprint density at radius 1 is 1.06 bits per heavy atom. The summed E-state index contributed by atoms with van der Waals surface area (Å²) in [6.45, 7) is 5.63. The molecule has 1 fully saturated rings. The summed E-state index contributed by atoms with van der Waals surface area (Å²) >= 11 is 0. The number of piperazine rings is 1. The Hall–Kier alpha value is -2.56. The standard InChI is InChI=1S/C21H28N6O3S/c1-17(28)25-10-12-26(13-11-25)20-5-4-19-15-27(9-6-18(19)14-20)31(29,30)24(2)16-21-22-7-3-8-23-21/h3-5,7-8,14H,6,9-13,15-16H2,1-2H3. The maximum Gasteiger partial charge on any atom is 0.282 e. The van der Waals surface area contributed by atoms with E-state index in [-0.39, 0.29) is 12.5 Å². The van der Waals surface area contributed by atoms with Crippen LogP contribution in [0.2, 0.25) is 0 Å². The number of fused-ring (bicyclic) bond motifs is 1. The van der Waals surface area contributed by atoms with E-state index >= 15 is 0 Å². The number of hydrogen-bond acceptors (Lipinski definition) is 6. The van der Waals surface area contributed by atoms with Gasteiger partial charge in [-0.1, -0.05) is 6.07 Å². The first-order valence-electron chi connectivity index (χ1n) is 10.4. The predicted octanol–water partition coefficient (Wildman–Crippen LogP) is 0.880. The highest BCUT2D eigenvalue weighted by atomic mass is 32.2. The summed E-state index contributed by atoms with van der Waals surface area (Å²) in [4.78, 5) is 23.9. The van der Waals surface area contributed by atoms with Crippen molar-refractivity contribution < 1.29 is 13.2 Å². The zero-order chi connectivity index (χ0) is 22.0. The molecule has 0 radical (unpaired) electrons. The van der Waals surface area contributed by atoms with Crippen molar-refractivity contribution in [3.05, 3.63) is 53.6 Å². The van der Waals surface area contributed by atoms with Crippen LogP contribution in [0.25, 0.3) is 0 Å². The van der Waals surface area contributed by atoms with Gasteiger partial charge in [0.25, 0.3) is 10.2 Å². The van der Waals surface area contributed by atoms with Gasteiger partial charge in [0.15, 0.2) is 0 Å². The van der Waals surface area contributed by atoms with E-state index in [1.54, 1.807) is 32.4 Å². The number of anilines is 1. The van der Waals surface area contributed by atoms with Gasteiger partial charge in [-0.3, -0.25) is 4.79 Å². The second kappa shape index (κ2) is 8.89. The summed E-state index contributed by atoms with van der Waals surface area (Å²) in [5.41, 5.74) is 3.36. The normalized spacial score (nSPS) is 17.6. The van der Waals surface area contributed by atoms with Crippen LogP contribution in [0.3, 0.4) is 0 Å². The van der Waals surface area contributed by atoms with Crippen molar-refractivity contribution >= 4 is 21.8 Å². The van der Waals surface area contributed by atoms with Gasteiger partial charge in [-0.2, -0.15) is 17.0 Å². The molecule has 1 saturated heterocycles. The molecule has 0 unspecified atom stereocenters. The molecule has 1 aromatic heterocycles. The molecular weight excluding hydrogens is 416 g/mol. The second-order valence-electron chi connectivity index (χ2n) is 7.96. The van der Waals surface area contributed by atoms with Gasteiger partial charge in [0.2, 0.25) is 5.91 Å². The highest BCUT2D eigenvalue weighted by Gasteiger charge is 2.31. The highest BCUT2D eigenvalue weighted by molar-refractivity contribution is 7.86. The fourth-order valence-corrected chi connectivity index (χ4v) is 5.37. The van der Waals surface area contributed by atoms with Crippen LogP contribution < -0.4 is 4.90 Å². The SMILES string of the molecule is CC(=O)N1CCN(c2ccc3c(c2)CCN(S(=O)(=O)N(C)Cc2ncccn2)C3)CC1. The van der Waals surface area contributed by atoms with E-state index in [2.05, 4.69) is 27.0 Å². The Bertz CT molecular complexity index is 1040. The minimum atomic E-state index is -3.61. The van der Waals surface area contributed by atoms with Crippen molar-refractivity contribution in [1.82, 2.24) is 23.5 Å². The van der Waals surface area contributed by atoms with Gasteiger partial charge in [0.05, 0.1) is 6.54 Å². The molecule has 10 heteroatoms. The van der Waals surface area contributed by atoms with Crippen molar-refractivity contribution in [2.45, 2.75) is 26.4 Å². The lowest BCUT2D eigenvalue weighted by molar-refractivity contribution is -0.129. The minimum absolute atomic E-state index is 0.121. The van der Waals surface area contributed by atoms with Crippen LogP contribution >= 0.6 is 0 Å². The molecule has 9 nitrogen and oxygen atoms in total. The Kier molecular flexibility index (Phi) is 6.22. The average molecular weight is 445 g/mol. The van der Waals surface area contributed by atoms with Gasteiger partial charge in [0, 0.05) is 71.3 Å². The number of carbonyl (C=O) groups is 1. The molecule has 0 saturated carbocycles. The molecule has 31 heavy (non-hydrogen) atoms. The first-order chi connectivity index (χ1) is 14.8. The summed E-state index contributed by atoms with van der Waals surface area (Å²) < 4.78 is 28.9. The molecule has 0 atom stereocenters. The Labute approximate surface area is 183 Å². The van der Waals surface area contributed by atoms with Gasteiger partial charge >= 0.3 is 0 Å². The third kappa shape index (κ3) is 4.70. The van der Waals surface area contributed by atoms with E-state index in [4.69, 9.17) is 0 Å². The Morgan fingerprint density at radius 2 is 1.77 bits per heavy atom. The second-order valence-corrected chi connectivity index (χ2v) is 9.99. The molecule has 1 aromatic carbocycles. The molecule has 2 aliphatic rings. The van der Waals surface area contributed by atoms with Crippen molar-refractivity contribution in [2.75, 3.05) is 44.7 Å². The topological polar surface area (TPSA) is 90.0 Å². The molecule has 0 N–H and O–H groups in total. The fraction of sp³-hybridized carbons (Fsp3) is 0.476. The number of amides is 1. The Balaban J connectivity index is 1.42. The smallest absolute Gasteiger partial charge is 0.282 e. The number of hydrogen-bond donors (Lipinski definition) is 0. The van der Waals surface area contributed by atoms with Crippen LogP contribution in [-0.2, 0) is 34.5 Å². The van der Waals surface area contributed by atoms with E-state index in [0.717, 1.165) is 37.4 Å². The molecule has 0 spiro atoms. The lowest BCUT2D eigenvalue weighted by atomic mass is 10.00. The lowest BCUT2D eigenvalue weighted by Gasteiger charge is -2.36. The summed E-state index contributed by atoms with van der Waals surface area (Å²) in [5.74, 6) is 0.593. The summed E-state index contributed by atoms with van der Waals surface area (Å²) in [7, 11) is -2.05. The van der Waals surface area contributed by atoms with Crippen molar-refractivity contribution in [2.24, 2.45) is 0 Å². The first kappa shape index (κ1) is 21.7. The number of nitrogens with zero attached hydrogens (tertiary/aromatic N) is 6. The van der Waals surface area contributed by atoms with Gasteiger partial charge in [-0.05, 0) is 35.7 Å². The largest absolute Gasteiger partial charge is 0.368 e. The van der Waals surface area contributed by atoms with Crippen LogP contribution in [0, 0.1) is 0 Å². The zero-order valence-electron chi connectivity index (χ0n) is 17.9. The number of carbonyl (C=O) groups excluding carboxylic acids is 1. The molecular formula is C21H28N6O3S. The first-order valence-corrected chi connectivity index (χ1v) is 11.8. The number of benzene rings is 1. The molecule has 3 heterocycles. The lowest BCUT2D eigenvalue weighted by Crippen LogP contribution is -2.48. The molecule has 2 aromatic rings. The van der Waals surface area contributed by atoms with E-state index < -0.39 is 10.2 Å². The Morgan fingerprint density at radius 3 is 2.45 bits per heavy atom. The van der Waals surface area contributed by atoms with Crippen molar-refractivity contribution in [3.63, 3.8) is 0 Å². The molecule has 4 rings (SSSR count). The summed E-state index contributed by atoms with van der Waals surface area (Å²) in [5, 5.41) is 0. The maximum atomic E-state index is 13.1. The number of rotatable bonds is 5. The molecule has 166 valence electrons. The van der Waals surface area contributed by atoms with Crippen molar-refractivity contribution in [3.8, 4) is 0 Å². The molecule has 1 amide bonds. The van der Waals surface area contributed by atoms with Crippen LogP contribution in [0.5, 0.6) is 0 Å². The summed E-state index contributed by atoms with van der Waals surface area (Å²) in [6.07, 6.45) is 3.89. The fourth-order valence-electron chi connectivity index (χ4n) is 4.08. The van der Waals surface area contributed by atoms with Gasteiger partial charge in [0.1, 0.15) is 5.82 Å². The molecule has 0 aliphatic carbocycles. The van der Waals surface area contributed by atoms with E-state index in [9.17, 15) is 13.2 Å². The van der Waals surface area contributed by atoms with Crippen LogP contribution in [0.15, 0.2) is 36.7 Å². The monoisotopic (exact) mass is 444 g/mol. The van der Waals surface area contributed by atoms with Gasteiger partial charge in [-0.25, -0.2) is 9.97 Å². The number of aromatic nitrogens is 2. The summed E-state index contributed by atoms with van der Waals surface area (Å²) in [6, 6.07) is 7.96.